The highest BCUT2D eigenvalue weighted by atomic mass is 35.5. The van der Waals surface area contributed by atoms with Gasteiger partial charge in [0, 0.05) is 41.8 Å². The van der Waals surface area contributed by atoms with Crippen LogP contribution in [-0.4, -0.2) is 58.7 Å². The van der Waals surface area contributed by atoms with Crippen LogP contribution in [0.1, 0.15) is 35.9 Å². The summed E-state index contributed by atoms with van der Waals surface area (Å²) >= 11 is 5.84. The molecular formula is C22H24ClF2N5O2. The van der Waals surface area contributed by atoms with Gasteiger partial charge < -0.3 is 20.7 Å². The van der Waals surface area contributed by atoms with Crippen LogP contribution in [0.2, 0.25) is 5.02 Å². The molecule has 0 spiro atoms. The lowest BCUT2D eigenvalue weighted by Gasteiger charge is -2.20. The number of carbonyl (C=O) groups excluding carboxylic acids is 1. The monoisotopic (exact) mass is 463 g/mol. The quantitative estimate of drug-likeness (QED) is 0.684. The van der Waals surface area contributed by atoms with Crippen LogP contribution in [0.15, 0.2) is 36.3 Å². The van der Waals surface area contributed by atoms with Gasteiger partial charge in [0.15, 0.2) is 5.82 Å². The molecule has 2 aliphatic heterocycles. The van der Waals surface area contributed by atoms with Crippen molar-refractivity contribution in [3.8, 4) is 5.75 Å². The Morgan fingerprint density at radius 2 is 2.09 bits per heavy atom. The second-order valence-corrected chi connectivity index (χ2v) is 8.41. The molecule has 2 aliphatic rings. The Morgan fingerprint density at radius 1 is 1.34 bits per heavy atom. The molecule has 0 bridgehead atoms. The standard InChI is InChI=1S/C22H24ClF2N5O2/c1-2-19-17(25)6-14(29-19)11-32-20-5-13(24)3-4-15(20)22(31)30-9-16(18(26)10-30)21-27-7-12(23)8-28-21/h3-5,7-8,14,17,19,29H,2,6,9-11,26H2,1H3. The maximum absolute atomic E-state index is 14.0. The van der Waals surface area contributed by atoms with E-state index in [1.807, 2.05) is 6.92 Å². The maximum atomic E-state index is 14.0. The van der Waals surface area contributed by atoms with Crippen LogP contribution in [0.5, 0.6) is 5.75 Å². The number of rotatable bonds is 6. The molecular weight excluding hydrogens is 440 g/mol. The van der Waals surface area contributed by atoms with E-state index >= 15 is 0 Å². The molecule has 1 saturated heterocycles. The van der Waals surface area contributed by atoms with Gasteiger partial charge in [-0.2, -0.15) is 0 Å². The molecule has 0 radical (unpaired) electrons. The van der Waals surface area contributed by atoms with Gasteiger partial charge in [0.25, 0.3) is 5.91 Å². The van der Waals surface area contributed by atoms with Crippen molar-refractivity contribution in [2.24, 2.45) is 5.73 Å². The fraction of sp³-hybridized carbons (Fsp3) is 0.409. The number of hydrogen-bond donors (Lipinski definition) is 2. The van der Waals surface area contributed by atoms with Crippen LogP contribution >= 0.6 is 11.6 Å². The molecule has 1 aromatic heterocycles. The third-order valence-corrected chi connectivity index (χ3v) is 5.92. The molecule has 3 atom stereocenters. The Kier molecular flexibility index (Phi) is 6.57. The van der Waals surface area contributed by atoms with Gasteiger partial charge in [0.1, 0.15) is 24.3 Å². The number of benzene rings is 1. The Hall–Kier alpha value is -2.78. The van der Waals surface area contributed by atoms with Crippen molar-refractivity contribution in [2.45, 2.75) is 38.0 Å². The van der Waals surface area contributed by atoms with E-state index in [0.717, 1.165) is 0 Å². The number of halogens is 3. The maximum Gasteiger partial charge on any atom is 0.258 e. The van der Waals surface area contributed by atoms with Crippen LogP contribution in [0.4, 0.5) is 8.78 Å². The van der Waals surface area contributed by atoms with Crippen molar-refractivity contribution in [3.05, 3.63) is 58.5 Å². The molecule has 3 heterocycles. The first-order valence-corrected chi connectivity index (χ1v) is 10.8. The third kappa shape index (κ3) is 4.68. The lowest BCUT2D eigenvalue weighted by atomic mass is 10.1. The summed E-state index contributed by atoms with van der Waals surface area (Å²) in [5, 5.41) is 3.57. The van der Waals surface area contributed by atoms with Crippen molar-refractivity contribution in [2.75, 3.05) is 19.7 Å². The zero-order chi connectivity index (χ0) is 22.8. The zero-order valence-corrected chi connectivity index (χ0v) is 18.3. The number of amides is 1. The van der Waals surface area contributed by atoms with Crippen LogP contribution in [0, 0.1) is 5.82 Å². The van der Waals surface area contributed by atoms with Gasteiger partial charge in [-0.15, -0.1) is 0 Å². The van der Waals surface area contributed by atoms with Crippen molar-refractivity contribution in [1.29, 1.82) is 0 Å². The number of nitrogens with two attached hydrogens (primary N) is 1. The first-order chi connectivity index (χ1) is 15.4. The van der Waals surface area contributed by atoms with E-state index in [1.165, 1.54) is 35.5 Å². The van der Waals surface area contributed by atoms with E-state index in [1.54, 1.807) is 0 Å². The smallest absolute Gasteiger partial charge is 0.258 e. The predicted molar refractivity (Wildman–Crippen MR) is 116 cm³/mol. The lowest BCUT2D eigenvalue weighted by Crippen LogP contribution is -2.35. The summed E-state index contributed by atoms with van der Waals surface area (Å²) in [5.74, 6) is -0.376. The minimum Gasteiger partial charge on any atom is -0.491 e. The highest BCUT2D eigenvalue weighted by Crippen LogP contribution is 2.28. The van der Waals surface area contributed by atoms with Gasteiger partial charge >= 0.3 is 0 Å². The Balaban J connectivity index is 1.47. The summed E-state index contributed by atoms with van der Waals surface area (Å²) in [4.78, 5) is 23.1. The zero-order valence-electron chi connectivity index (χ0n) is 17.5. The minimum atomic E-state index is -0.950. The molecule has 4 rings (SSSR count). The number of aromatic nitrogens is 2. The minimum absolute atomic E-state index is 0.113. The SMILES string of the molecule is CCC1NC(COc2cc(F)ccc2C(=O)N2CC(N)=C(c3ncc(Cl)cn3)C2)CC1F. The third-order valence-electron chi connectivity index (χ3n) is 5.73. The summed E-state index contributed by atoms with van der Waals surface area (Å²) in [6.07, 6.45) is 2.96. The van der Waals surface area contributed by atoms with Gasteiger partial charge in [0.05, 0.1) is 23.7 Å². The Labute approximate surface area is 189 Å². The highest BCUT2D eigenvalue weighted by molar-refractivity contribution is 6.30. The molecule has 3 N–H and O–H groups in total. The van der Waals surface area contributed by atoms with Crippen LogP contribution in [0.3, 0.4) is 0 Å². The largest absolute Gasteiger partial charge is 0.491 e. The van der Waals surface area contributed by atoms with Crippen molar-refractivity contribution in [1.82, 2.24) is 20.2 Å². The van der Waals surface area contributed by atoms with Crippen molar-refractivity contribution >= 4 is 23.1 Å². The number of hydrogen-bond acceptors (Lipinski definition) is 6. The summed E-state index contributed by atoms with van der Waals surface area (Å²) in [6.45, 7) is 2.43. The Morgan fingerprint density at radius 3 is 2.78 bits per heavy atom. The van der Waals surface area contributed by atoms with Gasteiger partial charge in [0.2, 0.25) is 0 Å². The first kappa shape index (κ1) is 22.4. The first-order valence-electron chi connectivity index (χ1n) is 10.4. The van der Waals surface area contributed by atoms with E-state index in [2.05, 4.69) is 15.3 Å². The molecule has 0 saturated carbocycles. The molecule has 7 nitrogen and oxygen atoms in total. The normalized spacial score (nSPS) is 23.1. The Bertz CT molecular complexity index is 1030. The van der Waals surface area contributed by atoms with Crippen LogP contribution in [0.25, 0.3) is 5.57 Å². The number of nitrogens with zero attached hydrogens (tertiary/aromatic N) is 3. The molecule has 1 fully saturated rings. The summed E-state index contributed by atoms with van der Waals surface area (Å²) in [5.41, 5.74) is 7.45. The molecule has 2 aromatic rings. The molecule has 1 amide bonds. The van der Waals surface area contributed by atoms with E-state index < -0.39 is 12.0 Å². The highest BCUT2D eigenvalue weighted by Gasteiger charge is 2.33. The summed E-state index contributed by atoms with van der Waals surface area (Å²) in [7, 11) is 0. The van der Waals surface area contributed by atoms with E-state index in [-0.39, 0.29) is 49.0 Å². The summed E-state index contributed by atoms with van der Waals surface area (Å²) < 4.78 is 33.7. The molecule has 3 unspecified atom stereocenters. The molecule has 170 valence electrons. The lowest BCUT2D eigenvalue weighted by molar-refractivity contribution is 0.0793. The van der Waals surface area contributed by atoms with Crippen LogP contribution in [-0.2, 0) is 0 Å². The van der Waals surface area contributed by atoms with Crippen molar-refractivity contribution in [3.63, 3.8) is 0 Å². The average molecular weight is 464 g/mol. The fourth-order valence-electron chi connectivity index (χ4n) is 4.03. The second kappa shape index (κ2) is 9.38. The average Bonchev–Trinajstić information content (AvgIpc) is 3.34. The molecule has 1 aromatic carbocycles. The number of alkyl halides is 1. The predicted octanol–water partition coefficient (Wildman–Crippen LogP) is 2.95. The van der Waals surface area contributed by atoms with E-state index in [4.69, 9.17) is 22.1 Å². The summed E-state index contributed by atoms with van der Waals surface area (Å²) in [6, 6.07) is 3.33. The van der Waals surface area contributed by atoms with E-state index in [9.17, 15) is 13.6 Å². The number of nitrogens with one attached hydrogen (secondary N) is 1. The van der Waals surface area contributed by atoms with Crippen LogP contribution < -0.4 is 15.8 Å². The molecule has 32 heavy (non-hydrogen) atoms. The van der Waals surface area contributed by atoms with Gasteiger partial charge in [-0.1, -0.05) is 18.5 Å². The fourth-order valence-corrected chi connectivity index (χ4v) is 4.13. The molecule has 10 heteroatoms. The second-order valence-electron chi connectivity index (χ2n) is 7.97. The van der Waals surface area contributed by atoms with Gasteiger partial charge in [-0.3, -0.25) is 4.79 Å². The number of ether oxygens (including phenoxy) is 1. The van der Waals surface area contributed by atoms with Gasteiger partial charge in [-0.05, 0) is 25.0 Å². The van der Waals surface area contributed by atoms with Gasteiger partial charge in [-0.25, -0.2) is 18.7 Å². The molecule has 0 aliphatic carbocycles. The number of carbonyl (C=O) groups is 1. The van der Waals surface area contributed by atoms with Crippen molar-refractivity contribution < 1.29 is 18.3 Å². The topological polar surface area (TPSA) is 93.4 Å². The van der Waals surface area contributed by atoms with E-state index in [0.29, 0.717) is 35.0 Å².